The van der Waals surface area contributed by atoms with Crippen LogP contribution < -0.4 is 0 Å². The van der Waals surface area contributed by atoms with Gasteiger partial charge in [-0.05, 0) is 29.1 Å². The van der Waals surface area contributed by atoms with E-state index in [4.69, 9.17) is 4.42 Å². The number of fused-ring (bicyclic) bond motifs is 3. The van der Waals surface area contributed by atoms with Gasteiger partial charge in [0, 0.05) is 16.5 Å². The van der Waals surface area contributed by atoms with Crippen LogP contribution in [0.1, 0.15) is 0 Å². The topological polar surface area (TPSA) is 11.3 Å². The van der Waals surface area contributed by atoms with E-state index >= 15 is 0 Å². The average molecular weight is 357 g/mol. The van der Waals surface area contributed by atoms with Crippen LogP contribution in [0.5, 0.6) is 0 Å². The zero-order chi connectivity index (χ0) is 18.5. The van der Waals surface area contributed by atoms with E-state index in [0.29, 0.717) is 0 Å². The molecule has 1 nitrogen and oxygen atoms in total. The summed E-state index contributed by atoms with van der Waals surface area (Å²) in [6.07, 6.45) is 0. The Labute approximate surface area is 163 Å². The van der Waals surface area contributed by atoms with E-state index in [1.165, 1.54) is 38.6 Å². The summed E-state index contributed by atoms with van der Waals surface area (Å²) in [5.41, 5.74) is 7.13. The first-order chi connectivity index (χ1) is 13.9. The smallest absolute Gasteiger partial charge is 0.206 e. The molecule has 1 heteroatoms. The molecule has 130 valence electrons. The van der Waals surface area contributed by atoms with Gasteiger partial charge in [0.1, 0.15) is 0 Å². The highest BCUT2D eigenvalue weighted by Crippen LogP contribution is 2.52. The molecule has 0 saturated carbocycles. The van der Waals surface area contributed by atoms with Crippen LogP contribution in [-0.2, 0) is 0 Å². The molecular weight excluding hydrogens is 340 g/mol. The second kappa shape index (κ2) is 5.90. The van der Waals surface area contributed by atoms with E-state index in [2.05, 4.69) is 97.1 Å². The fourth-order valence-corrected chi connectivity index (χ4v) is 4.30. The molecule has 0 spiro atoms. The Balaban J connectivity index is 1.75. The lowest BCUT2D eigenvalue weighted by atomic mass is 9.95. The predicted octanol–water partition coefficient (Wildman–Crippen LogP) is 7.70. The van der Waals surface area contributed by atoms with Crippen molar-refractivity contribution in [3.05, 3.63) is 103 Å². The minimum Gasteiger partial charge on any atom is -0.206 e. The van der Waals surface area contributed by atoms with E-state index < -0.39 is 0 Å². The Hall–Kier alpha value is -3.71. The number of hydrogen-bond donors (Lipinski definition) is 0. The zero-order valence-corrected chi connectivity index (χ0v) is 15.2. The van der Waals surface area contributed by atoms with Crippen molar-refractivity contribution < 1.29 is 4.42 Å². The molecule has 1 aromatic heterocycles. The largest absolute Gasteiger partial charge is 0.369 e. The van der Waals surface area contributed by atoms with E-state index in [1.807, 2.05) is 6.07 Å². The van der Waals surface area contributed by atoms with Crippen molar-refractivity contribution in [3.63, 3.8) is 0 Å². The first-order valence-electron chi connectivity index (χ1n) is 9.54. The summed E-state index contributed by atoms with van der Waals surface area (Å²) >= 11 is 0. The Morgan fingerprint density at radius 3 is 1.86 bits per heavy atom. The maximum Gasteiger partial charge on any atom is 0.369 e. The molecule has 5 aromatic rings. The van der Waals surface area contributed by atoms with Crippen LogP contribution in [0.3, 0.4) is 0 Å². The lowest BCUT2D eigenvalue weighted by molar-refractivity contribution is 0.586. The third kappa shape index (κ3) is 2.17. The van der Waals surface area contributed by atoms with Gasteiger partial charge in [0.15, 0.2) is 0 Å². The molecule has 4 aromatic carbocycles. The van der Waals surface area contributed by atoms with Crippen LogP contribution in [0.25, 0.3) is 55.7 Å². The summed E-state index contributed by atoms with van der Waals surface area (Å²) < 4.78 is 6.54. The molecule has 6 rings (SSSR count). The molecule has 0 N–H and O–H groups in total. The van der Waals surface area contributed by atoms with Gasteiger partial charge in [-0.15, -0.1) is 0 Å². The van der Waals surface area contributed by atoms with Crippen LogP contribution in [0.2, 0.25) is 0 Å². The molecule has 0 amide bonds. The monoisotopic (exact) mass is 357 g/mol. The summed E-state index contributed by atoms with van der Waals surface area (Å²) in [5, 5.41) is 2.54. The molecule has 0 saturated heterocycles. The predicted molar refractivity (Wildman–Crippen MR) is 116 cm³/mol. The van der Waals surface area contributed by atoms with Crippen molar-refractivity contribution in [3.8, 4) is 44.9 Å². The van der Waals surface area contributed by atoms with Crippen LogP contribution in [-0.4, -0.2) is 0 Å². The number of benzene rings is 4. The lowest BCUT2D eigenvalue weighted by Gasteiger charge is -2.06. The van der Waals surface area contributed by atoms with Crippen molar-refractivity contribution >= 4 is 10.8 Å². The highest BCUT2D eigenvalue weighted by molar-refractivity contribution is 6.16. The molecule has 1 aliphatic carbocycles. The highest BCUT2D eigenvalue weighted by Gasteiger charge is 2.35. The molecule has 1 aliphatic rings. The quantitative estimate of drug-likeness (QED) is 0.289. The Kier molecular flexibility index (Phi) is 3.24. The fraction of sp³-hybridized carbons (Fsp3) is 0. The summed E-state index contributed by atoms with van der Waals surface area (Å²) in [5.74, 6) is 1.86. The number of rotatable bonds is 2. The first kappa shape index (κ1) is 15.4. The van der Waals surface area contributed by atoms with Gasteiger partial charge in [0.05, 0.1) is 22.8 Å². The van der Waals surface area contributed by atoms with E-state index in [1.54, 1.807) is 0 Å². The van der Waals surface area contributed by atoms with Gasteiger partial charge in [-0.3, -0.25) is 0 Å². The molecule has 1 heterocycles. The molecule has 0 bridgehead atoms. The van der Waals surface area contributed by atoms with Gasteiger partial charge in [0.2, 0.25) is 0 Å². The standard InChI is InChI=1S/C27H17O/c1-3-9-18(10-4-1)23-17-24(19-11-5-2-6-12-19)28-27-22-16-8-14-20-13-7-15-21(25(20)22)26(23)27/h1-17H/q+1. The normalized spacial score (nSPS) is 11.6. The van der Waals surface area contributed by atoms with Crippen molar-refractivity contribution in [2.45, 2.75) is 0 Å². The SMILES string of the molecule is c1ccc(-c2cc(-c3ccccc3)c3c([o+]2)-c2cccc4cccc-3c24)cc1. The van der Waals surface area contributed by atoms with Crippen molar-refractivity contribution in [2.75, 3.05) is 0 Å². The summed E-state index contributed by atoms with van der Waals surface area (Å²) in [4.78, 5) is 0. The Morgan fingerprint density at radius 1 is 0.500 bits per heavy atom. The van der Waals surface area contributed by atoms with Crippen LogP contribution in [0.4, 0.5) is 0 Å². The van der Waals surface area contributed by atoms with Crippen LogP contribution >= 0.6 is 0 Å². The maximum atomic E-state index is 6.54. The van der Waals surface area contributed by atoms with Gasteiger partial charge in [0.25, 0.3) is 0 Å². The Bertz CT molecular complexity index is 1330. The first-order valence-corrected chi connectivity index (χ1v) is 9.54. The van der Waals surface area contributed by atoms with Gasteiger partial charge >= 0.3 is 11.5 Å². The van der Waals surface area contributed by atoms with Gasteiger partial charge in [-0.2, -0.15) is 0 Å². The zero-order valence-electron chi connectivity index (χ0n) is 15.2. The minimum atomic E-state index is 0.892. The maximum absolute atomic E-state index is 6.54. The summed E-state index contributed by atoms with van der Waals surface area (Å²) in [6.45, 7) is 0. The molecule has 0 fully saturated rings. The van der Waals surface area contributed by atoms with Crippen molar-refractivity contribution in [2.24, 2.45) is 0 Å². The summed E-state index contributed by atoms with van der Waals surface area (Å²) in [7, 11) is 0. The average Bonchev–Trinajstić information content (AvgIpc) is 3.10. The third-order valence-corrected chi connectivity index (χ3v) is 5.55. The second-order valence-corrected chi connectivity index (χ2v) is 7.17. The highest BCUT2D eigenvalue weighted by atomic mass is 16.3. The number of hydrogen-bond acceptors (Lipinski definition) is 0. The summed E-state index contributed by atoms with van der Waals surface area (Å²) in [6, 6.07) is 36.1. The van der Waals surface area contributed by atoms with Crippen molar-refractivity contribution in [1.82, 2.24) is 0 Å². The van der Waals surface area contributed by atoms with Crippen LogP contribution in [0, 0.1) is 0 Å². The minimum absolute atomic E-state index is 0.892. The van der Waals surface area contributed by atoms with E-state index in [-0.39, 0.29) is 0 Å². The lowest BCUT2D eigenvalue weighted by Crippen LogP contribution is -1.88. The molecule has 0 aliphatic heterocycles. The third-order valence-electron chi connectivity index (χ3n) is 5.55. The molecule has 0 atom stereocenters. The van der Waals surface area contributed by atoms with Crippen LogP contribution in [0.15, 0.2) is 108 Å². The Morgan fingerprint density at radius 2 is 1.14 bits per heavy atom. The fourth-order valence-electron chi connectivity index (χ4n) is 4.30. The molecule has 0 radical (unpaired) electrons. The van der Waals surface area contributed by atoms with E-state index in [9.17, 15) is 0 Å². The van der Waals surface area contributed by atoms with Gasteiger partial charge < -0.3 is 0 Å². The molecule has 28 heavy (non-hydrogen) atoms. The van der Waals surface area contributed by atoms with Gasteiger partial charge in [-0.25, -0.2) is 4.42 Å². The van der Waals surface area contributed by atoms with Gasteiger partial charge in [-0.1, -0.05) is 78.9 Å². The molecular formula is C27H17O+. The van der Waals surface area contributed by atoms with E-state index in [0.717, 1.165) is 17.1 Å². The second-order valence-electron chi connectivity index (χ2n) is 7.17. The molecule has 0 unspecified atom stereocenters. The van der Waals surface area contributed by atoms with Crippen molar-refractivity contribution in [1.29, 1.82) is 0 Å².